The fraction of sp³-hybridized carbons (Fsp3) is 0. The molecule has 0 aromatic carbocycles. The zero-order chi connectivity index (χ0) is 8.55. The number of aromatic amines is 1. The topological polar surface area (TPSA) is 98.3 Å². The summed E-state index contributed by atoms with van der Waals surface area (Å²) < 4.78 is 1.38. The van der Waals surface area contributed by atoms with Crippen molar-refractivity contribution >= 4 is 18.6 Å². The number of rotatable bonds is 1. The molecule has 8 heteroatoms. The molecular formula is C4H5N7S. The number of aromatic nitrogens is 6. The lowest BCUT2D eigenvalue weighted by Crippen LogP contribution is -1.98. The first kappa shape index (κ1) is 7.10. The summed E-state index contributed by atoms with van der Waals surface area (Å²) in [6.07, 6.45) is 1.43. The molecule has 0 saturated heterocycles. The molecule has 0 bridgehead atoms. The Morgan fingerprint density at radius 1 is 1.58 bits per heavy atom. The van der Waals surface area contributed by atoms with Crippen molar-refractivity contribution in [1.29, 1.82) is 0 Å². The Labute approximate surface area is 72.4 Å². The number of nitrogens with two attached hydrogens (primary N) is 1. The zero-order valence-electron chi connectivity index (χ0n) is 5.84. The summed E-state index contributed by atoms with van der Waals surface area (Å²) >= 11 is 3.92. The van der Waals surface area contributed by atoms with Crippen LogP contribution < -0.4 is 5.73 Å². The molecule has 2 aromatic rings. The molecule has 0 amide bonds. The van der Waals surface area contributed by atoms with Crippen LogP contribution in [0.3, 0.4) is 0 Å². The number of anilines is 1. The maximum absolute atomic E-state index is 5.30. The van der Waals surface area contributed by atoms with Crippen molar-refractivity contribution in [1.82, 2.24) is 29.9 Å². The lowest BCUT2D eigenvalue weighted by molar-refractivity contribution is 0.815. The lowest BCUT2D eigenvalue weighted by atomic mass is 11.0. The highest BCUT2D eigenvalue weighted by Crippen LogP contribution is 2.01. The molecule has 2 rings (SSSR count). The maximum Gasteiger partial charge on any atom is 0.248 e. The second-order valence-electron chi connectivity index (χ2n) is 2.01. The van der Waals surface area contributed by atoms with Gasteiger partial charge in [-0.3, -0.25) is 0 Å². The molecule has 3 N–H and O–H groups in total. The highest BCUT2D eigenvalue weighted by molar-refractivity contribution is 7.80. The fourth-order valence-corrected chi connectivity index (χ4v) is 0.870. The zero-order valence-corrected chi connectivity index (χ0v) is 6.73. The standard InChI is InChI=1S/C4H5N7S/c5-2-6-1-11(10-2)3-7-4(12)9-8-3/h1H,(H2,5,10)(H2,7,8,9,12). The molecule has 2 heterocycles. The molecule has 12 heavy (non-hydrogen) atoms. The van der Waals surface area contributed by atoms with E-state index in [1.807, 2.05) is 0 Å². The molecule has 0 fully saturated rings. The molecule has 0 atom stereocenters. The van der Waals surface area contributed by atoms with Crippen LogP contribution in [0, 0.1) is 0 Å². The number of thiol groups is 1. The molecule has 0 spiro atoms. The van der Waals surface area contributed by atoms with Gasteiger partial charge in [-0.05, 0) is 0 Å². The predicted octanol–water partition coefficient (Wildman–Crippen LogP) is -0.744. The second-order valence-corrected chi connectivity index (χ2v) is 2.41. The summed E-state index contributed by atoms with van der Waals surface area (Å²) in [7, 11) is 0. The van der Waals surface area contributed by atoms with Crippen LogP contribution >= 0.6 is 12.6 Å². The predicted molar refractivity (Wildman–Crippen MR) is 43.0 cm³/mol. The van der Waals surface area contributed by atoms with E-state index in [0.717, 1.165) is 0 Å². The molecular weight excluding hydrogens is 178 g/mol. The lowest BCUT2D eigenvalue weighted by Gasteiger charge is -1.88. The fourth-order valence-electron chi connectivity index (χ4n) is 0.725. The van der Waals surface area contributed by atoms with Gasteiger partial charge in [-0.15, -0.1) is 22.8 Å². The third-order valence-corrected chi connectivity index (χ3v) is 1.39. The van der Waals surface area contributed by atoms with Crippen molar-refractivity contribution in [2.45, 2.75) is 5.16 Å². The molecule has 0 aliphatic carbocycles. The third kappa shape index (κ3) is 1.11. The second kappa shape index (κ2) is 2.48. The van der Waals surface area contributed by atoms with Gasteiger partial charge < -0.3 is 5.73 Å². The van der Waals surface area contributed by atoms with Crippen LogP contribution in [0.2, 0.25) is 0 Å². The van der Waals surface area contributed by atoms with Crippen molar-refractivity contribution in [3.63, 3.8) is 0 Å². The summed E-state index contributed by atoms with van der Waals surface area (Å²) in [6.45, 7) is 0. The normalized spacial score (nSPS) is 10.4. The number of hydrogen-bond acceptors (Lipinski definition) is 6. The SMILES string of the molecule is Nc1ncn(-c2nc(S)n[nH]2)n1. The van der Waals surface area contributed by atoms with Crippen molar-refractivity contribution in [2.75, 3.05) is 5.73 Å². The van der Waals surface area contributed by atoms with Gasteiger partial charge in [0, 0.05) is 0 Å². The highest BCUT2D eigenvalue weighted by atomic mass is 32.1. The first-order valence-electron chi connectivity index (χ1n) is 3.04. The first-order valence-corrected chi connectivity index (χ1v) is 3.49. The van der Waals surface area contributed by atoms with Gasteiger partial charge in [0.1, 0.15) is 6.33 Å². The van der Waals surface area contributed by atoms with Gasteiger partial charge >= 0.3 is 0 Å². The minimum atomic E-state index is 0.187. The summed E-state index contributed by atoms with van der Waals surface area (Å²) in [5, 5.41) is 10.5. The number of H-pyrrole nitrogens is 1. The number of nitrogens with zero attached hydrogens (tertiary/aromatic N) is 5. The van der Waals surface area contributed by atoms with Crippen LogP contribution in [0.25, 0.3) is 5.95 Å². The van der Waals surface area contributed by atoms with E-state index in [2.05, 4.69) is 37.9 Å². The summed E-state index contributed by atoms with van der Waals surface area (Å²) in [5.41, 5.74) is 5.30. The minimum Gasteiger partial charge on any atom is -0.366 e. The Kier molecular flexibility index (Phi) is 1.47. The van der Waals surface area contributed by atoms with Crippen LogP contribution in [0.4, 0.5) is 5.95 Å². The van der Waals surface area contributed by atoms with Crippen molar-refractivity contribution in [2.24, 2.45) is 0 Å². The van der Waals surface area contributed by atoms with Gasteiger partial charge in [-0.1, -0.05) is 0 Å². The molecule has 2 aromatic heterocycles. The number of hydrogen-bond donors (Lipinski definition) is 3. The average molecular weight is 183 g/mol. The average Bonchev–Trinajstić information content (AvgIpc) is 2.58. The molecule has 0 aliphatic rings. The van der Waals surface area contributed by atoms with E-state index in [9.17, 15) is 0 Å². The molecule has 0 saturated carbocycles. The Hall–Kier alpha value is -1.57. The van der Waals surface area contributed by atoms with Crippen LogP contribution in [0.1, 0.15) is 0 Å². The highest BCUT2D eigenvalue weighted by Gasteiger charge is 2.03. The minimum absolute atomic E-state index is 0.187. The monoisotopic (exact) mass is 183 g/mol. The van der Waals surface area contributed by atoms with E-state index in [4.69, 9.17) is 5.73 Å². The summed E-state index contributed by atoms with van der Waals surface area (Å²) in [4.78, 5) is 7.62. The summed E-state index contributed by atoms with van der Waals surface area (Å²) in [5.74, 6) is 0.622. The van der Waals surface area contributed by atoms with Gasteiger partial charge in [0.15, 0.2) is 0 Å². The van der Waals surface area contributed by atoms with Crippen LogP contribution in [0.15, 0.2) is 11.5 Å². The van der Waals surface area contributed by atoms with Gasteiger partial charge in [-0.2, -0.15) is 9.67 Å². The van der Waals surface area contributed by atoms with Crippen LogP contribution in [-0.2, 0) is 0 Å². The quantitative estimate of drug-likeness (QED) is 0.505. The molecule has 0 aliphatic heterocycles. The van der Waals surface area contributed by atoms with Crippen molar-refractivity contribution < 1.29 is 0 Å². The Balaban J connectivity index is 2.43. The summed E-state index contributed by atoms with van der Waals surface area (Å²) in [6, 6.07) is 0. The Morgan fingerprint density at radius 2 is 2.42 bits per heavy atom. The molecule has 0 unspecified atom stereocenters. The van der Waals surface area contributed by atoms with E-state index in [1.54, 1.807) is 0 Å². The smallest absolute Gasteiger partial charge is 0.248 e. The number of nitrogens with one attached hydrogen (secondary N) is 1. The van der Waals surface area contributed by atoms with E-state index >= 15 is 0 Å². The van der Waals surface area contributed by atoms with E-state index in [-0.39, 0.29) is 5.95 Å². The first-order chi connectivity index (χ1) is 5.75. The van der Waals surface area contributed by atoms with Gasteiger partial charge in [-0.25, -0.2) is 10.1 Å². The maximum atomic E-state index is 5.30. The van der Waals surface area contributed by atoms with Gasteiger partial charge in [0.2, 0.25) is 17.1 Å². The number of nitrogen functional groups attached to an aromatic ring is 1. The van der Waals surface area contributed by atoms with Crippen LogP contribution in [-0.4, -0.2) is 29.9 Å². The Morgan fingerprint density at radius 3 is 2.92 bits per heavy atom. The molecule has 7 nitrogen and oxygen atoms in total. The van der Waals surface area contributed by atoms with E-state index in [0.29, 0.717) is 11.1 Å². The van der Waals surface area contributed by atoms with Gasteiger partial charge in [0.05, 0.1) is 0 Å². The van der Waals surface area contributed by atoms with Crippen molar-refractivity contribution in [3.05, 3.63) is 6.33 Å². The molecule has 62 valence electrons. The van der Waals surface area contributed by atoms with Gasteiger partial charge in [0.25, 0.3) is 0 Å². The van der Waals surface area contributed by atoms with Crippen LogP contribution in [0.5, 0.6) is 0 Å². The Bertz CT molecular complexity index is 351. The van der Waals surface area contributed by atoms with Crippen molar-refractivity contribution in [3.8, 4) is 5.95 Å². The largest absolute Gasteiger partial charge is 0.366 e. The van der Waals surface area contributed by atoms with E-state index in [1.165, 1.54) is 11.0 Å². The van der Waals surface area contributed by atoms with E-state index < -0.39 is 0 Å². The molecule has 0 radical (unpaired) electrons. The third-order valence-electron chi connectivity index (χ3n) is 1.19.